The van der Waals surface area contributed by atoms with Gasteiger partial charge in [0.2, 0.25) is 5.91 Å². The standard InChI is InChI=1S/C20H22ClN3O5/c1-12(2)18(20(26)22-11-13-5-4-6-15(9-13)29-3)23-19(25)14-7-8-16(21)17(10-14)24(27)28/h4-10,12,18H,11H2,1-3H3,(H,22,26)(H,23,25). The van der Waals surface area contributed by atoms with Crippen molar-refractivity contribution in [3.05, 3.63) is 68.7 Å². The lowest BCUT2D eigenvalue weighted by molar-refractivity contribution is -0.384. The van der Waals surface area contributed by atoms with Crippen molar-refractivity contribution in [2.75, 3.05) is 7.11 Å². The summed E-state index contributed by atoms with van der Waals surface area (Å²) in [7, 11) is 1.56. The highest BCUT2D eigenvalue weighted by atomic mass is 35.5. The summed E-state index contributed by atoms with van der Waals surface area (Å²) in [5, 5.41) is 16.4. The summed E-state index contributed by atoms with van der Waals surface area (Å²) in [6, 6.07) is 10.2. The van der Waals surface area contributed by atoms with Crippen LogP contribution in [-0.4, -0.2) is 29.9 Å². The van der Waals surface area contributed by atoms with Gasteiger partial charge in [-0.05, 0) is 35.7 Å². The molecule has 2 N–H and O–H groups in total. The fraction of sp³-hybridized carbons (Fsp3) is 0.300. The molecule has 0 radical (unpaired) electrons. The first-order valence-corrected chi connectivity index (χ1v) is 9.26. The molecule has 0 bridgehead atoms. The number of carbonyl (C=O) groups is 2. The topological polar surface area (TPSA) is 111 Å². The van der Waals surface area contributed by atoms with Crippen LogP contribution in [0.15, 0.2) is 42.5 Å². The second kappa shape index (κ2) is 9.88. The summed E-state index contributed by atoms with van der Waals surface area (Å²) >= 11 is 5.78. The van der Waals surface area contributed by atoms with Crippen LogP contribution in [0.3, 0.4) is 0 Å². The Morgan fingerprint density at radius 1 is 1.21 bits per heavy atom. The van der Waals surface area contributed by atoms with Crippen LogP contribution < -0.4 is 15.4 Å². The van der Waals surface area contributed by atoms with Crippen LogP contribution in [0.1, 0.15) is 29.8 Å². The van der Waals surface area contributed by atoms with Gasteiger partial charge in [0.15, 0.2) is 0 Å². The minimum atomic E-state index is -0.817. The molecule has 0 aliphatic heterocycles. The van der Waals surface area contributed by atoms with Crippen LogP contribution in [0.4, 0.5) is 5.69 Å². The van der Waals surface area contributed by atoms with Crippen molar-refractivity contribution >= 4 is 29.1 Å². The Bertz CT molecular complexity index is 917. The molecule has 2 rings (SSSR count). The van der Waals surface area contributed by atoms with E-state index in [4.69, 9.17) is 16.3 Å². The predicted octanol–water partition coefficient (Wildman–Crippen LogP) is 3.33. The lowest BCUT2D eigenvalue weighted by atomic mass is 10.0. The fourth-order valence-electron chi connectivity index (χ4n) is 2.63. The van der Waals surface area contributed by atoms with Gasteiger partial charge in [-0.2, -0.15) is 0 Å². The minimum Gasteiger partial charge on any atom is -0.497 e. The molecule has 2 amide bonds. The molecule has 0 aromatic heterocycles. The zero-order chi connectivity index (χ0) is 21.6. The molecule has 2 aromatic rings. The van der Waals surface area contributed by atoms with Crippen LogP contribution in [0.5, 0.6) is 5.75 Å². The van der Waals surface area contributed by atoms with E-state index in [1.54, 1.807) is 33.1 Å². The molecular formula is C20H22ClN3O5. The number of methoxy groups -OCH3 is 1. The highest BCUT2D eigenvalue weighted by Crippen LogP contribution is 2.25. The zero-order valence-corrected chi connectivity index (χ0v) is 17.0. The predicted molar refractivity (Wildman–Crippen MR) is 109 cm³/mol. The molecular weight excluding hydrogens is 398 g/mol. The number of benzene rings is 2. The second-order valence-electron chi connectivity index (χ2n) is 6.69. The molecule has 0 heterocycles. The number of halogens is 1. The molecule has 0 saturated carbocycles. The maximum absolute atomic E-state index is 12.6. The van der Waals surface area contributed by atoms with Crippen LogP contribution in [0, 0.1) is 16.0 Å². The van der Waals surface area contributed by atoms with Crippen molar-refractivity contribution in [2.24, 2.45) is 5.92 Å². The maximum atomic E-state index is 12.6. The first-order valence-electron chi connectivity index (χ1n) is 8.88. The summed E-state index contributed by atoms with van der Waals surface area (Å²) < 4.78 is 5.16. The lowest BCUT2D eigenvalue weighted by Crippen LogP contribution is -2.49. The Kier molecular flexibility index (Phi) is 7.55. The Labute approximate surface area is 173 Å². The van der Waals surface area contributed by atoms with Gasteiger partial charge >= 0.3 is 0 Å². The third kappa shape index (κ3) is 5.92. The quantitative estimate of drug-likeness (QED) is 0.503. The number of ether oxygens (including phenoxy) is 1. The molecule has 0 aliphatic carbocycles. The van der Waals surface area contributed by atoms with Crippen molar-refractivity contribution in [3.63, 3.8) is 0 Å². The van der Waals surface area contributed by atoms with Gasteiger partial charge in [0.25, 0.3) is 11.6 Å². The first kappa shape index (κ1) is 22.2. The summed E-state index contributed by atoms with van der Waals surface area (Å²) in [6.07, 6.45) is 0. The summed E-state index contributed by atoms with van der Waals surface area (Å²) in [4.78, 5) is 35.5. The Morgan fingerprint density at radius 3 is 2.55 bits per heavy atom. The number of carbonyl (C=O) groups excluding carboxylic acids is 2. The van der Waals surface area contributed by atoms with Crippen molar-refractivity contribution in [1.29, 1.82) is 0 Å². The number of hydrogen-bond donors (Lipinski definition) is 2. The normalized spacial score (nSPS) is 11.6. The molecule has 1 unspecified atom stereocenters. The van der Waals surface area contributed by atoms with E-state index in [2.05, 4.69) is 10.6 Å². The summed E-state index contributed by atoms with van der Waals surface area (Å²) in [5.74, 6) is -0.485. The molecule has 2 aromatic carbocycles. The average molecular weight is 420 g/mol. The summed E-state index contributed by atoms with van der Waals surface area (Å²) in [5.41, 5.74) is 0.523. The van der Waals surface area contributed by atoms with E-state index in [0.29, 0.717) is 5.75 Å². The van der Waals surface area contributed by atoms with Gasteiger partial charge < -0.3 is 15.4 Å². The maximum Gasteiger partial charge on any atom is 0.288 e. The molecule has 0 saturated heterocycles. The molecule has 0 aliphatic rings. The molecule has 0 fully saturated rings. The monoisotopic (exact) mass is 419 g/mol. The van der Waals surface area contributed by atoms with Gasteiger partial charge in [-0.25, -0.2) is 0 Å². The van der Waals surface area contributed by atoms with E-state index in [-0.39, 0.29) is 34.6 Å². The fourth-order valence-corrected chi connectivity index (χ4v) is 2.82. The number of nitrogens with one attached hydrogen (secondary N) is 2. The average Bonchev–Trinajstić information content (AvgIpc) is 2.70. The zero-order valence-electron chi connectivity index (χ0n) is 16.3. The van der Waals surface area contributed by atoms with Gasteiger partial charge in [-0.15, -0.1) is 0 Å². The van der Waals surface area contributed by atoms with E-state index in [0.717, 1.165) is 11.6 Å². The molecule has 154 valence electrons. The number of hydrogen-bond acceptors (Lipinski definition) is 5. The van der Waals surface area contributed by atoms with Crippen LogP contribution in [0.2, 0.25) is 5.02 Å². The number of nitro benzene ring substituents is 1. The number of amides is 2. The molecule has 8 nitrogen and oxygen atoms in total. The van der Waals surface area contributed by atoms with Gasteiger partial charge in [0.05, 0.1) is 12.0 Å². The summed E-state index contributed by atoms with van der Waals surface area (Å²) in [6.45, 7) is 3.85. The van der Waals surface area contributed by atoms with Crippen LogP contribution in [0.25, 0.3) is 0 Å². The molecule has 9 heteroatoms. The largest absolute Gasteiger partial charge is 0.497 e. The van der Waals surface area contributed by atoms with E-state index in [1.807, 2.05) is 12.1 Å². The molecule has 1 atom stereocenters. The first-order chi connectivity index (χ1) is 13.7. The van der Waals surface area contributed by atoms with Crippen molar-refractivity contribution < 1.29 is 19.2 Å². The highest BCUT2D eigenvalue weighted by Gasteiger charge is 2.25. The van der Waals surface area contributed by atoms with Crippen molar-refractivity contribution in [1.82, 2.24) is 10.6 Å². The lowest BCUT2D eigenvalue weighted by Gasteiger charge is -2.22. The van der Waals surface area contributed by atoms with Gasteiger partial charge in [0, 0.05) is 18.2 Å². The van der Waals surface area contributed by atoms with Crippen LogP contribution in [-0.2, 0) is 11.3 Å². The van der Waals surface area contributed by atoms with Gasteiger partial charge in [0.1, 0.15) is 16.8 Å². The Hall–Kier alpha value is -3.13. The Morgan fingerprint density at radius 2 is 1.93 bits per heavy atom. The van der Waals surface area contributed by atoms with E-state index >= 15 is 0 Å². The van der Waals surface area contributed by atoms with Crippen molar-refractivity contribution in [2.45, 2.75) is 26.4 Å². The number of nitrogens with zero attached hydrogens (tertiary/aromatic N) is 1. The van der Waals surface area contributed by atoms with Crippen LogP contribution >= 0.6 is 11.6 Å². The van der Waals surface area contributed by atoms with E-state index in [1.165, 1.54) is 12.1 Å². The third-order valence-electron chi connectivity index (χ3n) is 4.24. The highest BCUT2D eigenvalue weighted by molar-refractivity contribution is 6.32. The molecule has 0 spiro atoms. The smallest absolute Gasteiger partial charge is 0.288 e. The van der Waals surface area contributed by atoms with E-state index < -0.39 is 16.9 Å². The number of nitro groups is 1. The Balaban J connectivity index is 2.08. The SMILES string of the molecule is COc1cccc(CNC(=O)C(NC(=O)c2ccc(Cl)c([N+](=O)[O-])c2)C(C)C)c1. The van der Waals surface area contributed by atoms with Gasteiger partial charge in [-0.3, -0.25) is 19.7 Å². The number of rotatable bonds is 8. The van der Waals surface area contributed by atoms with Gasteiger partial charge in [-0.1, -0.05) is 37.6 Å². The molecule has 29 heavy (non-hydrogen) atoms. The van der Waals surface area contributed by atoms with E-state index in [9.17, 15) is 19.7 Å². The third-order valence-corrected chi connectivity index (χ3v) is 4.56. The second-order valence-corrected chi connectivity index (χ2v) is 7.09. The minimum absolute atomic E-state index is 0.0485. The van der Waals surface area contributed by atoms with Crippen molar-refractivity contribution in [3.8, 4) is 5.75 Å².